The van der Waals surface area contributed by atoms with Gasteiger partial charge in [-0.25, -0.2) is 9.97 Å². The Morgan fingerprint density at radius 1 is 1.18 bits per heavy atom. The van der Waals surface area contributed by atoms with Gasteiger partial charge in [-0.2, -0.15) is 0 Å². The minimum absolute atomic E-state index is 0.0565. The molecule has 1 aromatic rings. The van der Waals surface area contributed by atoms with Gasteiger partial charge in [0.1, 0.15) is 0 Å². The first-order valence-electron chi connectivity index (χ1n) is 8.17. The molecule has 0 bridgehead atoms. The zero-order valence-electron chi connectivity index (χ0n) is 13.7. The van der Waals surface area contributed by atoms with Crippen LogP contribution < -0.4 is 5.32 Å². The number of anilines is 1. The second-order valence-corrected chi connectivity index (χ2v) is 6.09. The van der Waals surface area contributed by atoms with Gasteiger partial charge in [0.2, 0.25) is 5.95 Å². The maximum Gasteiger partial charge on any atom is 0.256 e. The number of aromatic nitrogens is 2. The number of carbonyl (C=O) groups is 1. The third-order valence-corrected chi connectivity index (χ3v) is 3.86. The molecule has 1 saturated heterocycles. The number of nitrogens with one attached hydrogen (secondary N) is 1. The van der Waals surface area contributed by atoms with Crippen molar-refractivity contribution in [1.29, 1.82) is 0 Å². The molecule has 2 rings (SSSR count). The van der Waals surface area contributed by atoms with Gasteiger partial charge in [0.25, 0.3) is 5.91 Å². The highest BCUT2D eigenvalue weighted by Crippen LogP contribution is 2.13. The van der Waals surface area contributed by atoms with Gasteiger partial charge in [-0.3, -0.25) is 4.79 Å². The van der Waals surface area contributed by atoms with Crippen molar-refractivity contribution in [2.24, 2.45) is 0 Å². The normalized spacial score (nSPS) is 15.7. The van der Waals surface area contributed by atoms with Gasteiger partial charge in [-0.1, -0.05) is 12.8 Å². The van der Waals surface area contributed by atoms with Crippen LogP contribution in [0.5, 0.6) is 0 Å². The number of carbonyl (C=O) groups excluding carboxylic acids is 1. The Balaban J connectivity index is 1.83. The fraction of sp³-hybridized carbons (Fsp3) is 0.688. The number of rotatable bonds is 6. The molecule has 1 aliphatic heterocycles. The van der Waals surface area contributed by atoms with Crippen molar-refractivity contribution in [1.82, 2.24) is 19.8 Å². The lowest BCUT2D eigenvalue weighted by molar-refractivity contribution is 0.0761. The fourth-order valence-corrected chi connectivity index (χ4v) is 2.58. The first-order valence-corrected chi connectivity index (χ1v) is 8.17. The van der Waals surface area contributed by atoms with Crippen molar-refractivity contribution >= 4 is 11.9 Å². The molecule has 0 spiro atoms. The molecule has 22 heavy (non-hydrogen) atoms. The number of nitrogens with zero attached hydrogens (tertiary/aromatic N) is 4. The Hall–Kier alpha value is -1.69. The Kier molecular flexibility index (Phi) is 6.58. The van der Waals surface area contributed by atoms with Crippen LogP contribution in [0.3, 0.4) is 0 Å². The fourth-order valence-electron chi connectivity index (χ4n) is 2.58. The predicted octanol–water partition coefficient (Wildman–Crippen LogP) is 1.86. The summed E-state index contributed by atoms with van der Waals surface area (Å²) < 4.78 is 0. The monoisotopic (exact) mass is 305 g/mol. The van der Waals surface area contributed by atoms with Crippen molar-refractivity contribution in [2.45, 2.75) is 32.1 Å². The largest absolute Gasteiger partial charge is 0.354 e. The van der Waals surface area contributed by atoms with Gasteiger partial charge in [0.15, 0.2) is 0 Å². The summed E-state index contributed by atoms with van der Waals surface area (Å²) in [6, 6.07) is 0. The van der Waals surface area contributed by atoms with Crippen molar-refractivity contribution in [3.63, 3.8) is 0 Å². The summed E-state index contributed by atoms with van der Waals surface area (Å²) in [4.78, 5) is 25.0. The Bertz CT molecular complexity index is 452. The van der Waals surface area contributed by atoms with E-state index in [0.29, 0.717) is 11.5 Å². The molecule has 0 unspecified atom stereocenters. The summed E-state index contributed by atoms with van der Waals surface area (Å²) in [5, 5.41) is 3.18. The zero-order chi connectivity index (χ0) is 15.8. The molecule has 1 N–H and O–H groups in total. The predicted molar refractivity (Wildman–Crippen MR) is 88.1 cm³/mol. The minimum atomic E-state index is 0.0565. The highest BCUT2D eigenvalue weighted by molar-refractivity contribution is 5.93. The summed E-state index contributed by atoms with van der Waals surface area (Å²) in [5.41, 5.74) is 0.584. The maximum absolute atomic E-state index is 12.4. The molecule has 0 atom stereocenters. The van der Waals surface area contributed by atoms with E-state index in [1.807, 2.05) is 4.90 Å². The van der Waals surface area contributed by atoms with Gasteiger partial charge < -0.3 is 15.1 Å². The second-order valence-electron chi connectivity index (χ2n) is 6.09. The SMILES string of the molecule is CN(C)CCCNc1ncc(C(=O)N2CCCCCC2)cn1. The molecule has 0 saturated carbocycles. The van der Waals surface area contributed by atoms with E-state index in [1.54, 1.807) is 12.4 Å². The van der Waals surface area contributed by atoms with Gasteiger partial charge in [0, 0.05) is 32.0 Å². The second kappa shape index (κ2) is 8.68. The maximum atomic E-state index is 12.4. The lowest BCUT2D eigenvalue weighted by Crippen LogP contribution is -2.32. The summed E-state index contributed by atoms with van der Waals surface area (Å²) in [7, 11) is 4.11. The van der Waals surface area contributed by atoms with Gasteiger partial charge >= 0.3 is 0 Å². The molecule has 0 radical (unpaired) electrons. The van der Waals surface area contributed by atoms with Gasteiger partial charge in [-0.05, 0) is 39.9 Å². The molecule has 0 aliphatic carbocycles. The van der Waals surface area contributed by atoms with Gasteiger partial charge in [0.05, 0.1) is 5.56 Å². The average Bonchev–Trinajstić information content (AvgIpc) is 2.80. The third-order valence-electron chi connectivity index (χ3n) is 3.86. The van der Waals surface area contributed by atoms with Crippen LogP contribution in [0.25, 0.3) is 0 Å². The summed E-state index contributed by atoms with van der Waals surface area (Å²) in [6.07, 6.45) is 8.93. The molecule has 6 heteroatoms. The van der Waals surface area contributed by atoms with Crippen LogP contribution in [0.1, 0.15) is 42.5 Å². The lowest BCUT2D eigenvalue weighted by Gasteiger charge is -2.19. The third kappa shape index (κ3) is 5.26. The van der Waals surface area contributed by atoms with Crippen molar-refractivity contribution < 1.29 is 4.79 Å². The highest BCUT2D eigenvalue weighted by atomic mass is 16.2. The molecule has 1 fully saturated rings. The summed E-state index contributed by atoms with van der Waals surface area (Å²) in [5.74, 6) is 0.646. The standard InChI is InChI=1S/C16H27N5O/c1-20(2)9-7-8-17-16-18-12-14(13-19-16)15(22)21-10-5-3-4-6-11-21/h12-13H,3-11H2,1-2H3,(H,17,18,19). The van der Waals surface area contributed by atoms with E-state index in [4.69, 9.17) is 0 Å². The number of amides is 1. The highest BCUT2D eigenvalue weighted by Gasteiger charge is 2.17. The zero-order valence-corrected chi connectivity index (χ0v) is 13.7. The summed E-state index contributed by atoms with van der Waals surface area (Å²) in [6.45, 7) is 3.56. The van der Waals surface area contributed by atoms with Crippen molar-refractivity contribution in [2.75, 3.05) is 45.6 Å². The van der Waals surface area contributed by atoms with Gasteiger partial charge in [-0.15, -0.1) is 0 Å². The minimum Gasteiger partial charge on any atom is -0.354 e. The van der Waals surface area contributed by atoms with E-state index < -0.39 is 0 Å². The molecular formula is C16H27N5O. The first kappa shape index (κ1) is 16.7. The Morgan fingerprint density at radius 3 is 2.41 bits per heavy atom. The number of hydrogen-bond acceptors (Lipinski definition) is 5. The quantitative estimate of drug-likeness (QED) is 0.813. The van der Waals surface area contributed by atoms with E-state index in [0.717, 1.165) is 45.4 Å². The van der Waals surface area contributed by atoms with E-state index in [1.165, 1.54) is 12.8 Å². The van der Waals surface area contributed by atoms with Crippen molar-refractivity contribution in [3.05, 3.63) is 18.0 Å². The van der Waals surface area contributed by atoms with Crippen LogP contribution in [0.2, 0.25) is 0 Å². The smallest absolute Gasteiger partial charge is 0.256 e. The molecule has 1 amide bonds. The number of likely N-dealkylation sites (tertiary alicyclic amines) is 1. The summed E-state index contributed by atoms with van der Waals surface area (Å²) >= 11 is 0. The topological polar surface area (TPSA) is 61.4 Å². The molecule has 6 nitrogen and oxygen atoms in total. The Labute approximate surface area is 132 Å². The van der Waals surface area contributed by atoms with Crippen LogP contribution in [0.4, 0.5) is 5.95 Å². The van der Waals surface area contributed by atoms with E-state index in [2.05, 4.69) is 34.3 Å². The van der Waals surface area contributed by atoms with Crippen LogP contribution in [-0.2, 0) is 0 Å². The van der Waals surface area contributed by atoms with Crippen molar-refractivity contribution in [3.8, 4) is 0 Å². The first-order chi connectivity index (χ1) is 10.7. The molecule has 2 heterocycles. The molecular weight excluding hydrogens is 278 g/mol. The van der Waals surface area contributed by atoms with E-state index in [9.17, 15) is 4.79 Å². The van der Waals surface area contributed by atoms with Crippen LogP contribution in [0, 0.1) is 0 Å². The number of hydrogen-bond donors (Lipinski definition) is 1. The Morgan fingerprint density at radius 2 is 1.82 bits per heavy atom. The van der Waals surface area contributed by atoms with Crippen LogP contribution >= 0.6 is 0 Å². The molecule has 1 aromatic heterocycles. The average molecular weight is 305 g/mol. The van der Waals surface area contributed by atoms with Crippen LogP contribution in [0.15, 0.2) is 12.4 Å². The van der Waals surface area contributed by atoms with E-state index >= 15 is 0 Å². The van der Waals surface area contributed by atoms with E-state index in [-0.39, 0.29) is 5.91 Å². The molecule has 0 aromatic carbocycles. The molecule has 1 aliphatic rings. The lowest BCUT2D eigenvalue weighted by atomic mass is 10.2. The molecule has 122 valence electrons. The van der Waals surface area contributed by atoms with Crippen LogP contribution in [-0.4, -0.2) is 65.9 Å².